The lowest BCUT2D eigenvalue weighted by atomic mass is 10.6. The molecule has 0 amide bonds. The van der Waals surface area contributed by atoms with Gasteiger partial charge in [0, 0.05) is 32.0 Å². The molecule has 1 rings (SSSR count). The van der Waals surface area contributed by atoms with Gasteiger partial charge in [0.15, 0.2) is 0 Å². The molecule has 0 aromatic carbocycles. The van der Waals surface area contributed by atoms with Gasteiger partial charge in [0.05, 0.1) is 0 Å². The molecule has 68 valence electrons. The quantitative estimate of drug-likeness (QED) is 0.683. The Morgan fingerprint density at radius 2 is 2.08 bits per heavy atom. The number of aryl methyl sites for hydroxylation is 1. The van der Waals surface area contributed by atoms with Crippen molar-refractivity contribution in [3.05, 3.63) is 22.9 Å². The Morgan fingerprint density at radius 1 is 1.42 bits per heavy atom. The molecule has 12 heavy (non-hydrogen) atoms. The normalized spacial score (nSPS) is 10.5. The number of hydrogen-bond acceptors (Lipinski definition) is 2. The van der Waals surface area contributed by atoms with Gasteiger partial charge in [-0.05, 0) is 14.0 Å². The summed E-state index contributed by atoms with van der Waals surface area (Å²) in [6.45, 7) is 4.27. The number of imidazole rings is 1. The maximum atomic E-state index is 11.4. The molecule has 1 aromatic rings. The van der Waals surface area contributed by atoms with Crippen molar-refractivity contribution in [3.8, 4) is 0 Å². The molecule has 4 nitrogen and oxygen atoms in total. The number of nitrogens with one attached hydrogen (secondary N) is 1. The van der Waals surface area contributed by atoms with E-state index in [1.165, 1.54) is 0 Å². The van der Waals surface area contributed by atoms with Crippen molar-refractivity contribution >= 4 is 0 Å². The molecule has 0 fully saturated rings. The highest BCUT2D eigenvalue weighted by molar-refractivity contribution is 4.80. The van der Waals surface area contributed by atoms with Gasteiger partial charge in [-0.1, -0.05) is 0 Å². The molecule has 0 saturated carbocycles. The van der Waals surface area contributed by atoms with E-state index in [9.17, 15) is 4.79 Å². The van der Waals surface area contributed by atoms with Crippen LogP contribution in [-0.2, 0) is 13.1 Å². The largest absolute Gasteiger partial charge is 0.328 e. The molecule has 0 aliphatic heterocycles. The van der Waals surface area contributed by atoms with Gasteiger partial charge >= 0.3 is 5.69 Å². The van der Waals surface area contributed by atoms with Crippen LogP contribution in [-0.4, -0.2) is 22.7 Å². The maximum Gasteiger partial charge on any atom is 0.328 e. The highest BCUT2D eigenvalue weighted by Crippen LogP contribution is 1.83. The van der Waals surface area contributed by atoms with Gasteiger partial charge in [-0.2, -0.15) is 0 Å². The fourth-order valence-electron chi connectivity index (χ4n) is 1.10. The van der Waals surface area contributed by atoms with Gasteiger partial charge in [-0.3, -0.25) is 9.13 Å². The van der Waals surface area contributed by atoms with Gasteiger partial charge < -0.3 is 5.32 Å². The minimum absolute atomic E-state index is 0.0766. The van der Waals surface area contributed by atoms with Crippen LogP contribution >= 0.6 is 0 Å². The molecule has 1 N–H and O–H groups in total. The lowest BCUT2D eigenvalue weighted by Gasteiger charge is -1.99. The first-order chi connectivity index (χ1) is 5.79. The Hall–Kier alpha value is -1.03. The van der Waals surface area contributed by atoms with E-state index in [1.807, 2.05) is 26.4 Å². The fraction of sp³-hybridized carbons (Fsp3) is 0.625. The predicted octanol–water partition coefficient (Wildman–Crippen LogP) is -0.111. The minimum atomic E-state index is 0.0766. The molecule has 0 saturated heterocycles. The zero-order valence-corrected chi connectivity index (χ0v) is 7.58. The SMILES string of the molecule is CCn1ccn(CCNC)c1=O. The summed E-state index contributed by atoms with van der Waals surface area (Å²) >= 11 is 0. The van der Waals surface area contributed by atoms with Crippen molar-refractivity contribution < 1.29 is 0 Å². The van der Waals surface area contributed by atoms with Crippen LogP contribution in [0.4, 0.5) is 0 Å². The van der Waals surface area contributed by atoms with Crippen molar-refractivity contribution in [3.63, 3.8) is 0 Å². The molecule has 0 atom stereocenters. The molecule has 0 spiro atoms. The van der Waals surface area contributed by atoms with E-state index in [2.05, 4.69) is 5.32 Å². The van der Waals surface area contributed by atoms with E-state index in [4.69, 9.17) is 0 Å². The molecule has 0 unspecified atom stereocenters. The van der Waals surface area contributed by atoms with Gasteiger partial charge in [-0.25, -0.2) is 4.79 Å². The lowest BCUT2D eigenvalue weighted by molar-refractivity contribution is 0.601. The summed E-state index contributed by atoms with van der Waals surface area (Å²) in [5.41, 5.74) is 0.0766. The Balaban J connectivity index is 2.73. The summed E-state index contributed by atoms with van der Waals surface area (Å²) in [5.74, 6) is 0. The Bertz CT molecular complexity index is 287. The standard InChI is InChI=1S/C8H15N3O/c1-3-10-6-7-11(8(10)12)5-4-9-2/h6-7,9H,3-5H2,1-2H3. The van der Waals surface area contributed by atoms with Crippen LogP contribution in [0, 0.1) is 0 Å². The van der Waals surface area contributed by atoms with Crippen LogP contribution in [0.3, 0.4) is 0 Å². The molecule has 4 heteroatoms. The third-order valence-electron chi connectivity index (χ3n) is 1.86. The number of rotatable bonds is 4. The second-order valence-electron chi connectivity index (χ2n) is 2.66. The first kappa shape index (κ1) is 9.06. The van der Waals surface area contributed by atoms with Crippen molar-refractivity contribution in [1.82, 2.24) is 14.5 Å². The fourth-order valence-corrected chi connectivity index (χ4v) is 1.10. The van der Waals surface area contributed by atoms with E-state index in [1.54, 1.807) is 9.13 Å². The molecule has 1 aromatic heterocycles. The molecule has 0 bridgehead atoms. The zero-order chi connectivity index (χ0) is 8.97. The average Bonchev–Trinajstić information content (AvgIpc) is 2.43. The number of hydrogen-bond donors (Lipinski definition) is 1. The summed E-state index contributed by atoms with van der Waals surface area (Å²) < 4.78 is 3.40. The second kappa shape index (κ2) is 4.11. The Morgan fingerprint density at radius 3 is 2.58 bits per heavy atom. The van der Waals surface area contributed by atoms with Gasteiger partial charge in [-0.15, -0.1) is 0 Å². The summed E-state index contributed by atoms with van der Waals surface area (Å²) in [6.07, 6.45) is 3.64. The van der Waals surface area contributed by atoms with Crippen LogP contribution in [0.1, 0.15) is 6.92 Å². The molecular weight excluding hydrogens is 154 g/mol. The summed E-state index contributed by atoms with van der Waals surface area (Å²) in [6, 6.07) is 0. The highest BCUT2D eigenvalue weighted by Gasteiger charge is 1.98. The van der Waals surface area contributed by atoms with E-state index in [-0.39, 0.29) is 5.69 Å². The third-order valence-corrected chi connectivity index (χ3v) is 1.86. The van der Waals surface area contributed by atoms with Crippen molar-refractivity contribution in [1.29, 1.82) is 0 Å². The number of aromatic nitrogens is 2. The summed E-state index contributed by atoms with van der Waals surface area (Å²) in [4.78, 5) is 11.4. The smallest absolute Gasteiger partial charge is 0.318 e. The third kappa shape index (κ3) is 1.76. The Labute approximate surface area is 71.8 Å². The van der Waals surface area contributed by atoms with Crippen molar-refractivity contribution in [2.45, 2.75) is 20.0 Å². The Kier molecular flexibility index (Phi) is 3.10. The van der Waals surface area contributed by atoms with E-state index in [0.717, 1.165) is 19.6 Å². The van der Waals surface area contributed by atoms with Crippen molar-refractivity contribution in [2.75, 3.05) is 13.6 Å². The van der Waals surface area contributed by atoms with Gasteiger partial charge in [0.1, 0.15) is 0 Å². The average molecular weight is 169 g/mol. The highest BCUT2D eigenvalue weighted by atomic mass is 16.1. The first-order valence-corrected chi connectivity index (χ1v) is 4.19. The minimum Gasteiger partial charge on any atom is -0.318 e. The summed E-state index contributed by atoms with van der Waals surface area (Å²) in [5, 5.41) is 3.00. The monoisotopic (exact) mass is 169 g/mol. The van der Waals surface area contributed by atoms with Gasteiger partial charge in [0.2, 0.25) is 0 Å². The zero-order valence-electron chi connectivity index (χ0n) is 7.58. The van der Waals surface area contributed by atoms with Crippen LogP contribution in [0.15, 0.2) is 17.2 Å². The molecule has 1 heterocycles. The molecule has 0 radical (unpaired) electrons. The molecule has 0 aliphatic rings. The topological polar surface area (TPSA) is 39.0 Å². The second-order valence-corrected chi connectivity index (χ2v) is 2.66. The predicted molar refractivity (Wildman–Crippen MR) is 48.3 cm³/mol. The van der Waals surface area contributed by atoms with Crippen LogP contribution in [0.5, 0.6) is 0 Å². The van der Waals surface area contributed by atoms with E-state index >= 15 is 0 Å². The van der Waals surface area contributed by atoms with Gasteiger partial charge in [0.25, 0.3) is 0 Å². The molecule has 0 aliphatic carbocycles. The van der Waals surface area contributed by atoms with Crippen LogP contribution in [0.2, 0.25) is 0 Å². The number of nitrogens with zero attached hydrogens (tertiary/aromatic N) is 2. The van der Waals surface area contributed by atoms with E-state index in [0.29, 0.717) is 0 Å². The maximum absolute atomic E-state index is 11.4. The molecular formula is C8H15N3O. The summed E-state index contributed by atoms with van der Waals surface area (Å²) in [7, 11) is 1.88. The first-order valence-electron chi connectivity index (χ1n) is 4.19. The van der Waals surface area contributed by atoms with Crippen LogP contribution in [0.25, 0.3) is 0 Å². The van der Waals surface area contributed by atoms with E-state index < -0.39 is 0 Å². The van der Waals surface area contributed by atoms with Crippen LogP contribution < -0.4 is 11.0 Å². The lowest BCUT2D eigenvalue weighted by Crippen LogP contribution is -2.27. The van der Waals surface area contributed by atoms with Crippen molar-refractivity contribution in [2.24, 2.45) is 0 Å². The number of likely N-dealkylation sites (N-methyl/N-ethyl adjacent to an activating group) is 1.